The average Bonchev–Trinajstić information content (AvgIpc) is 3.18. The van der Waals surface area contributed by atoms with E-state index < -0.39 is 0 Å². The van der Waals surface area contributed by atoms with E-state index in [4.69, 9.17) is 4.52 Å². The zero-order valence-electron chi connectivity index (χ0n) is 16.3. The third-order valence-electron chi connectivity index (χ3n) is 5.22. The second kappa shape index (κ2) is 8.43. The van der Waals surface area contributed by atoms with Crippen molar-refractivity contribution in [2.75, 3.05) is 18.4 Å². The largest absolute Gasteiger partial charge is 0.339 e. The third kappa shape index (κ3) is 4.62. The third-order valence-corrected chi connectivity index (χ3v) is 5.22. The van der Waals surface area contributed by atoms with Crippen molar-refractivity contribution in [1.29, 1.82) is 0 Å². The van der Waals surface area contributed by atoms with Gasteiger partial charge in [0.15, 0.2) is 0 Å². The molecule has 1 fully saturated rings. The van der Waals surface area contributed by atoms with E-state index in [1.165, 1.54) is 12.1 Å². The number of amides is 2. The number of piperidine rings is 1. The van der Waals surface area contributed by atoms with Gasteiger partial charge in [-0.1, -0.05) is 29.4 Å². The Morgan fingerprint density at radius 2 is 2.03 bits per heavy atom. The molecule has 2 aromatic carbocycles. The zero-order chi connectivity index (χ0) is 20.2. The van der Waals surface area contributed by atoms with Gasteiger partial charge in [0.05, 0.1) is 0 Å². The quantitative estimate of drug-likeness (QED) is 0.698. The van der Waals surface area contributed by atoms with Gasteiger partial charge in [0.1, 0.15) is 5.82 Å². The molecule has 1 atom stereocenters. The minimum atomic E-state index is -0.328. The number of halogens is 1. The number of anilines is 1. The van der Waals surface area contributed by atoms with Crippen molar-refractivity contribution >= 4 is 11.7 Å². The van der Waals surface area contributed by atoms with Crippen LogP contribution >= 0.6 is 0 Å². The van der Waals surface area contributed by atoms with Gasteiger partial charge in [-0.2, -0.15) is 4.98 Å². The van der Waals surface area contributed by atoms with Crippen LogP contribution in [0.3, 0.4) is 0 Å². The molecule has 7 heteroatoms. The van der Waals surface area contributed by atoms with Gasteiger partial charge in [-0.25, -0.2) is 9.18 Å². The van der Waals surface area contributed by atoms with Gasteiger partial charge in [0.2, 0.25) is 11.7 Å². The number of rotatable bonds is 4. The average molecular weight is 394 g/mol. The fourth-order valence-electron chi connectivity index (χ4n) is 3.67. The van der Waals surface area contributed by atoms with E-state index in [9.17, 15) is 9.18 Å². The lowest BCUT2D eigenvalue weighted by atomic mass is 9.95. The lowest BCUT2D eigenvalue weighted by Crippen LogP contribution is -2.42. The normalized spacial score (nSPS) is 16.6. The van der Waals surface area contributed by atoms with Crippen molar-refractivity contribution in [1.82, 2.24) is 15.0 Å². The number of likely N-dealkylation sites (tertiary alicyclic amines) is 1. The molecule has 150 valence electrons. The highest BCUT2D eigenvalue weighted by atomic mass is 19.1. The zero-order valence-corrected chi connectivity index (χ0v) is 16.3. The Hall–Kier alpha value is -3.22. The molecule has 0 spiro atoms. The predicted molar refractivity (Wildman–Crippen MR) is 108 cm³/mol. The van der Waals surface area contributed by atoms with Crippen LogP contribution in [0.5, 0.6) is 0 Å². The van der Waals surface area contributed by atoms with E-state index in [0.29, 0.717) is 36.9 Å². The van der Waals surface area contributed by atoms with Gasteiger partial charge in [-0.3, -0.25) is 0 Å². The Morgan fingerprint density at radius 1 is 1.24 bits per heavy atom. The summed E-state index contributed by atoms with van der Waals surface area (Å²) < 4.78 is 18.5. The molecule has 0 aliphatic carbocycles. The minimum Gasteiger partial charge on any atom is -0.339 e. The van der Waals surface area contributed by atoms with Crippen molar-refractivity contribution in [2.24, 2.45) is 5.92 Å². The van der Waals surface area contributed by atoms with Crippen LogP contribution < -0.4 is 5.32 Å². The van der Waals surface area contributed by atoms with E-state index in [1.807, 2.05) is 31.2 Å². The maximum atomic E-state index is 13.0. The first-order valence-corrected chi connectivity index (χ1v) is 9.78. The summed E-state index contributed by atoms with van der Waals surface area (Å²) in [4.78, 5) is 18.9. The van der Waals surface area contributed by atoms with Crippen LogP contribution in [0, 0.1) is 18.7 Å². The molecule has 29 heavy (non-hydrogen) atoms. The highest BCUT2D eigenvalue weighted by Gasteiger charge is 2.25. The second-order valence-electron chi connectivity index (χ2n) is 7.42. The lowest BCUT2D eigenvalue weighted by Gasteiger charge is -2.32. The molecule has 0 saturated carbocycles. The molecule has 0 bridgehead atoms. The molecule has 1 aliphatic heterocycles. The number of aryl methyl sites for hydroxylation is 1. The highest BCUT2D eigenvalue weighted by Crippen LogP contribution is 2.24. The van der Waals surface area contributed by atoms with Crippen molar-refractivity contribution in [2.45, 2.75) is 26.2 Å². The highest BCUT2D eigenvalue weighted by molar-refractivity contribution is 5.89. The van der Waals surface area contributed by atoms with E-state index in [-0.39, 0.29) is 17.8 Å². The number of aromatic nitrogens is 2. The Bertz CT molecular complexity index is 986. The molecule has 0 radical (unpaired) electrons. The van der Waals surface area contributed by atoms with Crippen LogP contribution in [0.25, 0.3) is 11.4 Å². The Balaban J connectivity index is 1.37. The molecule has 1 aliphatic rings. The molecule has 1 unspecified atom stereocenters. The summed E-state index contributed by atoms with van der Waals surface area (Å²) in [5.41, 5.74) is 2.64. The topological polar surface area (TPSA) is 71.3 Å². The monoisotopic (exact) mass is 394 g/mol. The van der Waals surface area contributed by atoms with Gasteiger partial charge in [0.25, 0.3) is 0 Å². The number of hydrogen-bond acceptors (Lipinski definition) is 4. The molecule has 4 rings (SSSR count). The first kappa shape index (κ1) is 19.1. The second-order valence-corrected chi connectivity index (χ2v) is 7.42. The number of hydrogen-bond donors (Lipinski definition) is 1. The summed E-state index contributed by atoms with van der Waals surface area (Å²) >= 11 is 0. The lowest BCUT2D eigenvalue weighted by molar-refractivity contribution is 0.173. The summed E-state index contributed by atoms with van der Waals surface area (Å²) in [6, 6.07) is 13.5. The smallest absolute Gasteiger partial charge is 0.321 e. The van der Waals surface area contributed by atoms with Gasteiger partial charge >= 0.3 is 6.03 Å². The van der Waals surface area contributed by atoms with Crippen molar-refractivity contribution in [3.63, 3.8) is 0 Å². The molecule has 6 nitrogen and oxygen atoms in total. The van der Waals surface area contributed by atoms with Crippen molar-refractivity contribution in [3.8, 4) is 11.4 Å². The molecule has 3 aromatic rings. The van der Waals surface area contributed by atoms with Gasteiger partial charge in [-0.15, -0.1) is 0 Å². The molecule has 1 N–H and O–H groups in total. The molecule has 2 amide bonds. The molecule has 1 aromatic heterocycles. The minimum absolute atomic E-state index is 0.174. The van der Waals surface area contributed by atoms with E-state index in [2.05, 4.69) is 15.5 Å². The SMILES string of the molecule is Cc1ccccc1-c1noc(CC2CCCN(C(=O)Nc3ccc(F)cc3)C2)n1. The van der Waals surface area contributed by atoms with Gasteiger partial charge in [-0.05, 0) is 55.5 Å². The van der Waals surface area contributed by atoms with Crippen LogP contribution in [0.1, 0.15) is 24.3 Å². The number of urea groups is 1. The standard InChI is InChI=1S/C22H23FN4O2/c1-15-5-2-3-7-19(15)21-25-20(29-26-21)13-16-6-4-12-27(14-16)22(28)24-18-10-8-17(23)9-11-18/h2-3,5,7-11,16H,4,6,12-14H2,1H3,(H,24,28). The summed E-state index contributed by atoms with van der Waals surface area (Å²) in [7, 11) is 0. The number of nitrogens with one attached hydrogen (secondary N) is 1. The molecule has 1 saturated heterocycles. The first-order valence-electron chi connectivity index (χ1n) is 9.78. The van der Waals surface area contributed by atoms with Crippen LogP contribution in [0.15, 0.2) is 53.1 Å². The van der Waals surface area contributed by atoms with Crippen molar-refractivity contribution in [3.05, 3.63) is 65.8 Å². The fraction of sp³-hybridized carbons (Fsp3) is 0.318. The van der Waals surface area contributed by atoms with Crippen LogP contribution in [0.4, 0.5) is 14.9 Å². The van der Waals surface area contributed by atoms with Gasteiger partial charge in [0, 0.05) is 30.8 Å². The maximum Gasteiger partial charge on any atom is 0.321 e. The Morgan fingerprint density at radius 3 is 2.83 bits per heavy atom. The van der Waals surface area contributed by atoms with Gasteiger partial charge < -0.3 is 14.7 Å². The summed E-state index contributed by atoms with van der Waals surface area (Å²) in [6.07, 6.45) is 2.56. The molecular weight excluding hydrogens is 371 g/mol. The molecular formula is C22H23FN4O2. The Labute approximate surface area is 168 Å². The number of carbonyl (C=O) groups is 1. The van der Waals surface area contributed by atoms with E-state index >= 15 is 0 Å². The Kier molecular flexibility index (Phi) is 5.55. The first-order chi connectivity index (χ1) is 14.1. The van der Waals surface area contributed by atoms with Crippen LogP contribution in [-0.2, 0) is 6.42 Å². The fourth-order valence-corrected chi connectivity index (χ4v) is 3.67. The number of nitrogens with zero attached hydrogens (tertiary/aromatic N) is 3. The summed E-state index contributed by atoms with van der Waals surface area (Å²) in [6.45, 7) is 3.33. The van der Waals surface area contributed by atoms with E-state index in [0.717, 1.165) is 24.0 Å². The molecule has 2 heterocycles. The van der Waals surface area contributed by atoms with E-state index in [1.54, 1.807) is 17.0 Å². The maximum absolute atomic E-state index is 13.0. The summed E-state index contributed by atoms with van der Waals surface area (Å²) in [5, 5.41) is 6.94. The number of carbonyl (C=O) groups excluding carboxylic acids is 1. The number of benzene rings is 2. The summed E-state index contributed by atoms with van der Waals surface area (Å²) in [5.74, 6) is 1.12. The van der Waals surface area contributed by atoms with Crippen LogP contribution in [-0.4, -0.2) is 34.2 Å². The van der Waals surface area contributed by atoms with Crippen LogP contribution in [0.2, 0.25) is 0 Å². The van der Waals surface area contributed by atoms with Crippen molar-refractivity contribution < 1.29 is 13.7 Å². The predicted octanol–water partition coefficient (Wildman–Crippen LogP) is 4.67.